The van der Waals surface area contributed by atoms with Crippen LogP contribution in [0, 0.1) is 0 Å². The number of carbonyl (C=O) groups is 1. The van der Waals surface area contributed by atoms with Crippen molar-refractivity contribution >= 4 is 46.7 Å². The number of hydrogen-bond donors (Lipinski definition) is 1. The number of benzene rings is 2. The third-order valence-electron chi connectivity index (χ3n) is 5.52. The van der Waals surface area contributed by atoms with Gasteiger partial charge in [0, 0.05) is 4.90 Å². The summed E-state index contributed by atoms with van der Waals surface area (Å²) in [7, 11) is 1.42. The SMILES string of the molecule is CCOC(=O)C1=C(C)N=c2s/c(=C\c3cc(Cl)c(O)c(OC)c3)c(=O)n2[C@H]1c1ccc(SC)cc1. The molecule has 182 valence electrons. The van der Waals surface area contributed by atoms with Crippen molar-refractivity contribution in [3.05, 3.63) is 83.5 Å². The molecule has 0 radical (unpaired) electrons. The van der Waals surface area contributed by atoms with Crippen LogP contribution in [-0.2, 0) is 9.53 Å². The summed E-state index contributed by atoms with van der Waals surface area (Å²) in [5, 5.41) is 10.1. The fourth-order valence-electron chi connectivity index (χ4n) is 3.88. The van der Waals surface area contributed by atoms with Crippen LogP contribution >= 0.6 is 34.7 Å². The zero-order valence-electron chi connectivity index (χ0n) is 19.5. The Morgan fingerprint density at radius 1 is 1.31 bits per heavy atom. The number of ether oxygens (including phenoxy) is 2. The molecule has 0 aliphatic carbocycles. The maximum Gasteiger partial charge on any atom is 0.338 e. The van der Waals surface area contributed by atoms with Crippen LogP contribution in [0.25, 0.3) is 6.08 Å². The average molecular weight is 531 g/mol. The summed E-state index contributed by atoms with van der Waals surface area (Å²) in [4.78, 5) is 32.7. The highest BCUT2D eigenvalue weighted by Gasteiger charge is 2.33. The van der Waals surface area contributed by atoms with Gasteiger partial charge in [0.2, 0.25) is 0 Å². The highest BCUT2D eigenvalue weighted by Crippen LogP contribution is 2.35. The Morgan fingerprint density at radius 3 is 2.66 bits per heavy atom. The molecule has 0 unspecified atom stereocenters. The van der Waals surface area contributed by atoms with E-state index in [1.54, 1.807) is 43.8 Å². The van der Waals surface area contributed by atoms with Crippen LogP contribution in [0.3, 0.4) is 0 Å². The first kappa shape index (κ1) is 25.1. The van der Waals surface area contributed by atoms with Gasteiger partial charge in [-0.2, -0.15) is 0 Å². The van der Waals surface area contributed by atoms with Gasteiger partial charge in [-0.05, 0) is 61.6 Å². The standard InChI is InChI=1S/C25H23ClN2O5S2/c1-5-33-24(31)20-13(2)27-25-28(21(20)15-6-8-16(34-4)9-7-15)23(30)19(35-25)12-14-10-17(26)22(29)18(11-14)32-3/h6-12,21,29H,5H2,1-4H3/b19-12-/t21-/m0/s1. The van der Waals surface area contributed by atoms with Crippen molar-refractivity contribution < 1.29 is 19.4 Å². The minimum atomic E-state index is -0.679. The molecule has 0 saturated heterocycles. The van der Waals surface area contributed by atoms with Gasteiger partial charge >= 0.3 is 5.97 Å². The Labute approximate surface area is 215 Å². The lowest BCUT2D eigenvalue weighted by molar-refractivity contribution is -0.139. The van der Waals surface area contributed by atoms with Crippen molar-refractivity contribution in [2.75, 3.05) is 20.0 Å². The van der Waals surface area contributed by atoms with Gasteiger partial charge in [0.15, 0.2) is 16.3 Å². The van der Waals surface area contributed by atoms with Crippen LogP contribution in [0.15, 0.2) is 62.4 Å². The molecule has 0 bridgehead atoms. The number of thiazole rings is 1. The second-order valence-electron chi connectivity index (χ2n) is 7.63. The Hall–Kier alpha value is -3.01. The topological polar surface area (TPSA) is 90.1 Å². The zero-order valence-corrected chi connectivity index (χ0v) is 21.9. The Balaban J connectivity index is 1.94. The fourth-order valence-corrected chi connectivity index (χ4v) is 5.55. The van der Waals surface area contributed by atoms with E-state index in [1.807, 2.05) is 30.5 Å². The van der Waals surface area contributed by atoms with Crippen molar-refractivity contribution in [2.45, 2.75) is 24.8 Å². The van der Waals surface area contributed by atoms with Gasteiger partial charge in [-0.25, -0.2) is 9.79 Å². The number of fused-ring (bicyclic) bond motifs is 1. The summed E-state index contributed by atoms with van der Waals surface area (Å²) in [6.45, 7) is 3.70. The predicted molar refractivity (Wildman–Crippen MR) is 138 cm³/mol. The molecule has 1 aliphatic rings. The fraction of sp³-hybridized carbons (Fsp3) is 0.240. The summed E-state index contributed by atoms with van der Waals surface area (Å²) in [5.41, 5.74) is 1.89. The lowest BCUT2D eigenvalue weighted by Gasteiger charge is -2.24. The van der Waals surface area contributed by atoms with Gasteiger partial charge in [0.05, 0.1) is 40.6 Å². The number of carbonyl (C=O) groups excluding carboxylic acids is 1. The second-order valence-corrected chi connectivity index (χ2v) is 9.92. The van der Waals surface area contributed by atoms with Crippen LogP contribution in [0.1, 0.15) is 31.0 Å². The van der Waals surface area contributed by atoms with E-state index in [2.05, 4.69) is 4.99 Å². The number of aromatic hydroxyl groups is 1. The number of esters is 1. The normalized spacial score (nSPS) is 15.6. The monoisotopic (exact) mass is 530 g/mol. The Morgan fingerprint density at radius 2 is 2.03 bits per heavy atom. The van der Waals surface area contributed by atoms with Gasteiger partial charge < -0.3 is 14.6 Å². The van der Waals surface area contributed by atoms with E-state index in [-0.39, 0.29) is 28.7 Å². The van der Waals surface area contributed by atoms with E-state index in [4.69, 9.17) is 21.1 Å². The molecule has 1 atom stereocenters. The van der Waals surface area contributed by atoms with Crippen molar-refractivity contribution in [1.82, 2.24) is 4.57 Å². The number of phenols is 1. The molecule has 1 N–H and O–H groups in total. The number of thioether (sulfide) groups is 1. The molecule has 0 spiro atoms. The number of phenolic OH excluding ortho intramolecular Hbond substituents is 1. The van der Waals surface area contributed by atoms with Gasteiger partial charge in [0.25, 0.3) is 5.56 Å². The van der Waals surface area contributed by atoms with Crippen LogP contribution in [0.2, 0.25) is 5.02 Å². The van der Waals surface area contributed by atoms with E-state index < -0.39 is 12.0 Å². The van der Waals surface area contributed by atoms with Crippen molar-refractivity contribution in [2.24, 2.45) is 4.99 Å². The Kier molecular flexibility index (Phi) is 7.39. The largest absolute Gasteiger partial charge is 0.503 e. The number of allylic oxidation sites excluding steroid dienone is 1. The smallest absolute Gasteiger partial charge is 0.338 e. The number of hydrogen-bond acceptors (Lipinski definition) is 8. The van der Waals surface area contributed by atoms with Gasteiger partial charge in [-0.15, -0.1) is 11.8 Å². The third-order valence-corrected chi connectivity index (χ3v) is 7.53. The van der Waals surface area contributed by atoms with Gasteiger partial charge in [0.1, 0.15) is 0 Å². The summed E-state index contributed by atoms with van der Waals surface area (Å²) in [5.74, 6) is -0.475. The second kappa shape index (κ2) is 10.3. The van der Waals surface area contributed by atoms with Crippen LogP contribution in [0.5, 0.6) is 11.5 Å². The van der Waals surface area contributed by atoms with Crippen molar-refractivity contribution in [3.63, 3.8) is 0 Å². The quantitative estimate of drug-likeness (QED) is 0.384. The molecule has 3 aromatic rings. The molecular formula is C25H23ClN2O5S2. The number of methoxy groups -OCH3 is 1. The first-order chi connectivity index (χ1) is 16.8. The molecule has 1 aliphatic heterocycles. The van der Waals surface area contributed by atoms with Crippen LogP contribution in [-0.4, -0.2) is 35.6 Å². The summed E-state index contributed by atoms with van der Waals surface area (Å²) >= 11 is 8.94. The van der Waals surface area contributed by atoms with Crippen LogP contribution in [0.4, 0.5) is 0 Å². The minimum Gasteiger partial charge on any atom is -0.503 e. The van der Waals surface area contributed by atoms with Gasteiger partial charge in [-0.3, -0.25) is 9.36 Å². The molecule has 0 saturated carbocycles. The van der Waals surface area contributed by atoms with Crippen molar-refractivity contribution in [1.29, 1.82) is 0 Å². The van der Waals surface area contributed by atoms with E-state index in [0.29, 0.717) is 26.2 Å². The van der Waals surface area contributed by atoms with E-state index in [1.165, 1.54) is 23.0 Å². The molecule has 2 heterocycles. The zero-order chi connectivity index (χ0) is 25.3. The van der Waals surface area contributed by atoms with Crippen molar-refractivity contribution in [3.8, 4) is 11.5 Å². The highest BCUT2D eigenvalue weighted by atomic mass is 35.5. The predicted octanol–water partition coefficient (Wildman–Crippen LogP) is 3.89. The molecule has 1 aromatic heterocycles. The molecule has 4 rings (SSSR count). The van der Waals surface area contributed by atoms with E-state index >= 15 is 0 Å². The molecule has 2 aromatic carbocycles. The number of halogens is 1. The number of aromatic nitrogens is 1. The first-order valence-corrected chi connectivity index (χ1v) is 13.1. The summed E-state index contributed by atoms with van der Waals surface area (Å²) in [6.07, 6.45) is 3.64. The first-order valence-electron chi connectivity index (χ1n) is 10.7. The van der Waals surface area contributed by atoms with E-state index in [0.717, 1.165) is 10.5 Å². The molecule has 35 heavy (non-hydrogen) atoms. The maximum absolute atomic E-state index is 13.7. The molecule has 0 fully saturated rings. The number of nitrogens with zero attached hydrogens (tertiary/aromatic N) is 2. The third kappa shape index (κ3) is 4.76. The van der Waals surface area contributed by atoms with Gasteiger partial charge in [-0.1, -0.05) is 35.1 Å². The minimum absolute atomic E-state index is 0.107. The Bertz CT molecular complexity index is 1510. The van der Waals surface area contributed by atoms with Crippen LogP contribution < -0.4 is 19.6 Å². The lowest BCUT2D eigenvalue weighted by atomic mass is 9.96. The number of rotatable bonds is 6. The molecule has 10 heteroatoms. The maximum atomic E-state index is 13.7. The average Bonchev–Trinajstić information content (AvgIpc) is 3.14. The molecular weight excluding hydrogens is 508 g/mol. The molecule has 0 amide bonds. The summed E-state index contributed by atoms with van der Waals surface area (Å²) < 4.78 is 12.4. The highest BCUT2D eigenvalue weighted by molar-refractivity contribution is 7.98. The summed E-state index contributed by atoms with van der Waals surface area (Å²) in [6, 6.07) is 10.2. The molecule has 7 nitrogen and oxygen atoms in total. The lowest BCUT2D eigenvalue weighted by Crippen LogP contribution is -2.39. The van der Waals surface area contributed by atoms with E-state index in [9.17, 15) is 14.7 Å².